The molecule has 0 unspecified atom stereocenters. The Bertz CT molecular complexity index is 1290. The van der Waals surface area contributed by atoms with Crippen molar-refractivity contribution >= 4 is 34.0 Å². The molecule has 3 aromatic carbocycles. The quantitative estimate of drug-likeness (QED) is 0.455. The molecular formula is C27H25FN4O2. The largest absolute Gasteiger partial charge is 0.481 e. The van der Waals surface area contributed by atoms with Gasteiger partial charge >= 0.3 is 0 Å². The summed E-state index contributed by atoms with van der Waals surface area (Å²) in [7, 11) is 0. The number of nitrogens with zero attached hydrogens (tertiary/aromatic N) is 3. The minimum absolute atomic E-state index is 0.197. The highest BCUT2D eigenvalue weighted by molar-refractivity contribution is 5.92. The van der Waals surface area contributed by atoms with E-state index in [4.69, 9.17) is 9.72 Å². The van der Waals surface area contributed by atoms with Crippen LogP contribution in [-0.2, 0) is 4.79 Å². The smallest absolute Gasteiger partial charge is 0.262 e. The number of nitrogens with one attached hydrogen (secondary N) is 1. The molecule has 1 amide bonds. The van der Waals surface area contributed by atoms with Crippen molar-refractivity contribution in [1.29, 1.82) is 0 Å². The number of carbonyl (C=O) groups is 1. The van der Waals surface area contributed by atoms with Crippen LogP contribution in [0.3, 0.4) is 0 Å². The minimum atomic E-state index is -0.408. The first-order valence-electron chi connectivity index (χ1n) is 11.3. The summed E-state index contributed by atoms with van der Waals surface area (Å²) >= 11 is 0. The third-order valence-corrected chi connectivity index (χ3v) is 5.86. The van der Waals surface area contributed by atoms with Crippen molar-refractivity contribution in [3.8, 4) is 5.75 Å². The van der Waals surface area contributed by atoms with E-state index in [9.17, 15) is 9.18 Å². The van der Waals surface area contributed by atoms with Gasteiger partial charge in [-0.1, -0.05) is 36.4 Å². The van der Waals surface area contributed by atoms with Gasteiger partial charge in [-0.05, 0) is 48.5 Å². The number of benzene rings is 3. The van der Waals surface area contributed by atoms with Crippen molar-refractivity contribution in [2.24, 2.45) is 0 Å². The highest BCUT2D eigenvalue weighted by Crippen LogP contribution is 2.27. The van der Waals surface area contributed by atoms with Crippen LogP contribution in [0.25, 0.3) is 10.9 Å². The van der Waals surface area contributed by atoms with E-state index >= 15 is 0 Å². The first-order chi connectivity index (χ1) is 16.7. The van der Waals surface area contributed by atoms with Crippen LogP contribution in [0.4, 0.5) is 21.6 Å². The summed E-state index contributed by atoms with van der Waals surface area (Å²) in [6.45, 7) is 3.38. The van der Waals surface area contributed by atoms with Crippen molar-refractivity contribution in [2.75, 3.05) is 47.9 Å². The molecule has 1 aromatic heterocycles. The number of carbonyl (C=O) groups excluding carboxylic acids is 1. The van der Waals surface area contributed by atoms with Gasteiger partial charge in [0, 0.05) is 42.9 Å². The molecule has 0 radical (unpaired) electrons. The molecule has 0 bridgehead atoms. The first-order valence-corrected chi connectivity index (χ1v) is 11.3. The summed E-state index contributed by atoms with van der Waals surface area (Å²) < 4.78 is 19.2. The van der Waals surface area contributed by atoms with Crippen LogP contribution in [0.2, 0.25) is 0 Å². The van der Waals surface area contributed by atoms with E-state index in [-0.39, 0.29) is 12.5 Å². The van der Waals surface area contributed by atoms with E-state index in [1.807, 2.05) is 36.4 Å². The van der Waals surface area contributed by atoms with Crippen LogP contribution in [-0.4, -0.2) is 43.7 Å². The number of hydrogen-bond donors (Lipinski definition) is 1. The number of hydrogen-bond acceptors (Lipinski definition) is 5. The lowest BCUT2D eigenvalue weighted by Crippen LogP contribution is -2.46. The van der Waals surface area contributed by atoms with Crippen LogP contribution in [0.1, 0.15) is 0 Å². The Morgan fingerprint density at radius 3 is 2.44 bits per heavy atom. The molecule has 4 aromatic rings. The van der Waals surface area contributed by atoms with Gasteiger partial charge in [-0.2, -0.15) is 0 Å². The number of amides is 1. The van der Waals surface area contributed by atoms with Gasteiger partial charge in [0.05, 0.1) is 0 Å². The van der Waals surface area contributed by atoms with Gasteiger partial charge in [0.25, 0.3) is 5.91 Å². The summed E-state index contributed by atoms with van der Waals surface area (Å²) in [5, 5.41) is 3.58. The monoisotopic (exact) mass is 456 g/mol. The Kier molecular flexibility index (Phi) is 6.25. The minimum Gasteiger partial charge on any atom is -0.481 e. The van der Waals surface area contributed by atoms with Gasteiger partial charge in [0.2, 0.25) is 0 Å². The van der Waals surface area contributed by atoms with Gasteiger partial charge in [0.15, 0.2) is 6.61 Å². The predicted molar refractivity (Wildman–Crippen MR) is 133 cm³/mol. The SMILES string of the molecule is O=C(COc1cccc2ccc(N3CCN(c4ccccc4)CC3)nc12)Nc1cccc(F)c1. The number of para-hydroxylation sites is 2. The molecule has 0 spiro atoms. The van der Waals surface area contributed by atoms with Crippen molar-refractivity contribution in [3.63, 3.8) is 0 Å². The van der Waals surface area contributed by atoms with E-state index in [1.165, 1.54) is 17.8 Å². The molecule has 1 fully saturated rings. The molecule has 1 N–H and O–H groups in total. The second kappa shape index (κ2) is 9.79. The number of anilines is 3. The number of piperazine rings is 1. The van der Waals surface area contributed by atoms with Crippen molar-refractivity contribution in [3.05, 3.63) is 90.7 Å². The fourth-order valence-electron chi connectivity index (χ4n) is 4.14. The molecule has 0 aliphatic carbocycles. The number of halogens is 1. The van der Waals surface area contributed by atoms with Crippen LogP contribution in [0, 0.1) is 5.82 Å². The van der Waals surface area contributed by atoms with E-state index in [0.29, 0.717) is 17.0 Å². The Morgan fingerprint density at radius 1 is 0.882 bits per heavy atom. The highest BCUT2D eigenvalue weighted by Gasteiger charge is 2.19. The zero-order valence-electron chi connectivity index (χ0n) is 18.7. The third kappa shape index (κ3) is 4.93. The maximum atomic E-state index is 13.3. The van der Waals surface area contributed by atoms with E-state index in [2.05, 4.69) is 39.4 Å². The molecule has 172 valence electrons. The molecular weight excluding hydrogens is 431 g/mol. The number of pyridine rings is 1. The topological polar surface area (TPSA) is 57.7 Å². The molecule has 5 rings (SSSR count). The van der Waals surface area contributed by atoms with Gasteiger partial charge < -0.3 is 19.9 Å². The van der Waals surface area contributed by atoms with E-state index < -0.39 is 5.82 Å². The molecule has 1 aliphatic heterocycles. The van der Waals surface area contributed by atoms with E-state index in [0.717, 1.165) is 37.4 Å². The summed E-state index contributed by atoms with van der Waals surface area (Å²) in [6, 6.07) is 25.9. The standard InChI is InChI=1S/C27H25FN4O2/c28-21-7-5-8-22(18-21)29-26(33)19-34-24-11-4-6-20-12-13-25(30-27(20)24)32-16-14-31(15-17-32)23-9-2-1-3-10-23/h1-13,18H,14-17,19H2,(H,29,33). The summed E-state index contributed by atoms with van der Waals surface area (Å²) in [6.07, 6.45) is 0. The van der Waals surface area contributed by atoms with Gasteiger partial charge in [-0.25, -0.2) is 9.37 Å². The molecule has 0 atom stereocenters. The lowest BCUT2D eigenvalue weighted by Gasteiger charge is -2.36. The number of rotatable bonds is 6. The lowest BCUT2D eigenvalue weighted by molar-refractivity contribution is -0.118. The highest BCUT2D eigenvalue weighted by atomic mass is 19.1. The number of ether oxygens (including phenoxy) is 1. The summed E-state index contributed by atoms with van der Waals surface area (Å²) in [5.74, 6) is 0.655. The molecule has 7 heteroatoms. The second-order valence-electron chi connectivity index (χ2n) is 8.15. The fourth-order valence-corrected chi connectivity index (χ4v) is 4.14. The molecule has 34 heavy (non-hydrogen) atoms. The molecule has 2 heterocycles. The average Bonchev–Trinajstić information content (AvgIpc) is 2.88. The lowest BCUT2D eigenvalue weighted by atomic mass is 10.2. The third-order valence-electron chi connectivity index (χ3n) is 5.86. The Hall–Kier alpha value is -4.13. The Labute approximate surface area is 197 Å². The van der Waals surface area contributed by atoms with Crippen LogP contribution in [0.5, 0.6) is 5.75 Å². The zero-order valence-corrected chi connectivity index (χ0v) is 18.7. The van der Waals surface area contributed by atoms with Crippen LogP contribution >= 0.6 is 0 Å². The van der Waals surface area contributed by atoms with Gasteiger partial charge in [-0.15, -0.1) is 0 Å². The van der Waals surface area contributed by atoms with Gasteiger partial charge in [-0.3, -0.25) is 4.79 Å². The predicted octanol–water partition coefficient (Wildman–Crippen LogP) is 4.72. The van der Waals surface area contributed by atoms with Crippen molar-refractivity contribution in [2.45, 2.75) is 0 Å². The molecule has 6 nitrogen and oxygen atoms in total. The van der Waals surface area contributed by atoms with Crippen molar-refractivity contribution in [1.82, 2.24) is 4.98 Å². The molecule has 1 aliphatic rings. The van der Waals surface area contributed by atoms with Gasteiger partial charge in [0.1, 0.15) is 22.9 Å². The molecule has 0 saturated carbocycles. The zero-order chi connectivity index (χ0) is 23.3. The summed E-state index contributed by atoms with van der Waals surface area (Å²) in [4.78, 5) is 21.8. The number of fused-ring (bicyclic) bond motifs is 1. The van der Waals surface area contributed by atoms with Crippen LogP contribution in [0.15, 0.2) is 84.9 Å². The maximum Gasteiger partial charge on any atom is 0.262 e. The maximum absolute atomic E-state index is 13.3. The van der Waals surface area contributed by atoms with E-state index in [1.54, 1.807) is 12.1 Å². The summed E-state index contributed by atoms with van der Waals surface area (Å²) in [5.41, 5.74) is 2.34. The molecule has 1 saturated heterocycles. The average molecular weight is 457 g/mol. The number of aromatic nitrogens is 1. The fraction of sp³-hybridized carbons (Fsp3) is 0.185. The second-order valence-corrected chi connectivity index (χ2v) is 8.15. The van der Waals surface area contributed by atoms with Crippen LogP contribution < -0.4 is 19.9 Å². The first kappa shape index (κ1) is 21.7. The van der Waals surface area contributed by atoms with Crippen molar-refractivity contribution < 1.29 is 13.9 Å². The Morgan fingerprint density at radius 2 is 1.65 bits per heavy atom. The normalized spacial score (nSPS) is 13.7. The Balaban J connectivity index is 1.26.